The molecule has 1 unspecified atom stereocenters. The summed E-state index contributed by atoms with van der Waals surface area (Å²) in [6.45, 7) is 4.00. The van der Waals surface area contributed by atoms with Gasteiger partial charge in [-0.25, -0.2) is 0 Å². The van der Waals surface area contributed by atoms with Crippen molar-refractivity contribution in [2.75, 3.05) is 0 Å². The Hall–Kier alpha value is -1.54. The van der Waals surface area contributed by atoms with E-state index in [2.05, 4.69) is 15.0 Å². The molecule has 0 radical (unpaired) electrons. The van der Waals surface area contributed by atoms with E-state index in [1.165, 1.54) is 5.56 Å². The lowest BCUT2D eigenvalue weighted by molar-refractivity contribution is 0.692. The average Bonchev–Trinajstić information content (AvgIpc) is 2.66. The molecule has 1 heterocycles. The van der Waals surface area contributed by atoms with Crippen LogP contribution in [-0.2, 0) is 6.42 Å². The van der Waals surface area contributed by atoms with E-state index in [1.807, 2.05) is 26.0 Å². The van der Waals surface area contributed by atoms with Crippen LogP contribution in [0, 0.1) is 0 Å². The van der Waals surface area contributed by atoms with Crippen molar-refractivity contribution < 1.29 is 0 Å². The smallest absolute Gasteiger partial charge is 0.0803 e. The molecule has 0 aromatic carbocycles. The molecule has 2 rings (SSSR count). The van der Waals surface area contributed by atoms with Gasteiger partial charge in [-0.1, -0.05) is 25.0 Å². The zero-order valence-corrected chi connectivity index (χ0v) is 8.51. The highest BCUT2D eigenvalue weighted by molar-refractivity contribution is 5.27. The zero-order valence-electron chi connectivity index (χ0n) is 8.51. The van der Waals surface area contributed by atoms with Crippen LogP contribution in [0.5, 0.6) is 0 Å². The summed E-state index contributed by atoms with van der Waals surface area (Å²) in [5.41, 5.74) is 10.5. The molecule has 4 nitrogen and oxygen atoms in total. The summed E-state index contributed by atoms with van der Waals surface area (Å²) in [6.07, 6.45) is 3.62. The quantitative estimate of drug-likeness (QED) is 0.380. The summed E-state index contributed by atoms with van der Waals surface area (Å²) in [5, 5.41) is 3.68. The fourth-order valence-corrected chi connectivity index (χ4v) is 1.57. The molecule has 1 aromatic heterocycles. The number of aryl methyl sites for hydroxylation is 1. The number of fused-ring (bicyclic) bond motifs is 1. The molecule has 0 amide bonds. The van der Waals surface area contributed by atoms with Crippen LogP contribution in [0.2, 0.25) is 0 Å². The molecular formula is C10H14N4. The van der Waals surface area contributed by atoms with E-state index in [0.29, 0.717) is 0 Å². The van der Waals surface area contributed by atoms with Crippen LogP contribution in [0.15, 0.2) is 23.4 Å². The second kappa shape index (κ2) is 5.25. The standard InChI is InChI=1S/C8H8N4.C2H6/c9-12-11-7-4-3-6-2-1-5-10-8(6)7;1-2/h1-2,5,7H,3-4H2;1-2H3. The van der Waals surface area contributed by atoms with Crippen LogP contribution < -0.4 is 0 Å². The van der Waals surface area contributed by atoms with Gasteiger partial charge in [0, 0.05) is 11.1 Å². The van der Waals surface area contributed by atoms with E-state index in [9.17, 15) is 0 Å². The minimum atomic E-state index is -0.0359. The molecule has 14 heavy (non-hydrogen) atoms. The lowest BCUT2D eigenvalue weighted by atomic mass is 10.2. The maximum absolute atomic E-state index is 8.28. The second-order valence-corrected chi connectivity index (χ2v) is 2.81. The number of hydrogen-bond acceptors (Lipinski definition) is 2. The van der Waals surface area contributed by atoms with Gasteiger partial charge in [0.15, 0.2) is 0 Å². The molecule has 1 aliphatic carbocycles. The van der Waals surface area contributed by atoms with Gasteiger partial charge in [0.1, 0.15) is 0 Å². The van der Waals surface area contributed by atoms with Gasteiger partial charge in [-0.05, 0) is 30.0 Å². The maximum atomic E-state index is 8.28. The third-order valence-electron chi connectivity index (χ3n) is 2.12. The van der Waals surface area contributed by atoms with Crippen LogP contribution in [0.25, 0.3) is 10.4 Å². The highest BCUT2D eigenvalue weighted by Crippen LogP contribution is 2.31. The number of hydrogen-bond donors (Lipinski definition) is 0. The van der Waals surface area contributed by atoms with Gasteiger partial charge in [-0.3, -0.25) is 4.98 Å². The largest absolute Gasteiger partial charge is 0.261 e. The van der Waals surface area contributed by atoms with Gasteiger partial charge in [-0.2, -0.15) is 0 Å². The van der Waals surface area contributed by atoms with Gasteiger partial charge in [0.2, 0.25) is 0 Å². The third kappa shape index (κ3) is 2.03. The number of aromatic nitrogens is 1. The summed E-state index contributed by atoms with van der Waals surface area (Å²) in [7, 11) is 0. The Kier molecular flexibility index (Phi) is 3.95. The first-order chi connectivity index (χ1) is 6.92. The van der Waals surface area contributed by atoms with Crippen molar-refractivity contribution in [2.24, 2.45) is 5.11 Å². The van der Waals surface area contributed by atoms with Gasteiger partial charge in [-0.15, -0.1) is 0 Å². The number of pyridine rings is 1. The molecule has 0 saturated carbocycles. The van der Waals surface area contributed by atoms with E-state index in [4.69, 9.17) is 5.53 Å². The number of rotatable bonds is 1. The van der Waals surface area contributed by atoms with Crippen molar-refractivity contribution in [3.8, 4) is 0 Å². The Bertz CT molecular complexity index is 342. The first-order valence-electron chi connectivity index (χ1n) is 4.90. The van der Waals surface area contributed by atoms with Gasteiger partial charge in [0.25, 0.3) is 0 Å². The summed E-state index contributed by atoms with van der Waals surface area (Å²) in [5.74, 6) is 0. The minimum absolute atomic E-state index is 0.0359. The second-order valence-electron chi connectivity index (χ2n) is 2.81. The Labute approximate surface area is 83.6 Å². The molecular weight excluding hydrogens is 176 g/mol. The Morgan fingerprint density at radius 2 is 2.36 bits per heavy atom. The Balaban J connectivity index is 0.000000461. The lowest BCUT2D eigenvalue weighted by Crippen LogP contribution is -1.90. The van der Waals surface area contributed by atoms with Crippen LogP contribution in [0.1, 0.15) is 37.6 Å². The van der Waals surface area contributed by atoms with Crippen molar-refractivity contribution in [1.82, 2.24) is 4.98 Å². The SMILES string of the molecule is CC.[N-]=[N+]=NC1CCc2cccnc21. The fourth-order valence-electron chi connectivity index (χ4n) is 1.57. The highest BCUT2D eigenvalue weighted by Gasteiger charge is 2.21. The molecule has 0 spiro atoms. The fraction of sp³-hybridized carbons (Fsp3) is 0.500. The molecule has 0 fully saturated rings. The van der Waals surface area contributed by atoms with Crippen LogP contribution >= 0.6 is 0 Å². The first kappa shape index (κ1) is 10.5. The molecule has 74 valence electrons. The molecule has 0 bridgehead atoms. The van der Waals surface area contributed by atoms with Gasteiger partial charge < -0.3 is 0 Å². The number of nitrogens with zero attached hydrogens (tertiary/aromatic N) is 4. The third-order valence-corrected chi connectivity index (χ3v) is 2.12. The molecule has 0 aliphatic heterocycles. The Morgan fingerprint density at radius 1 is 1.57 bits per heavy atom. The van der Waals surface area contributed by atoms with E-state index in [1.54, 1.807) is 6.20 Å². The summed E-state index contributed by atoms with van der Waals surface area (Å²) >= 11 is 0. The maximum Gasteiger partial charge on any atom is 0.0803 e. The zero-order chi connectivity index (χ0) is 10.4. The van der Waals surface area contributed by atoms with E-state index in [-0.39, 0.29) is 6.04 Å². The summed E-state index contributed by atoms with van der Waals surface area (Å²) in [4.78, 5) is 7.00. The van der Waals surface area contributed by atoms with E-state index >= 15 is 0 Å². The lowest BCUT2D eigenvalue weighted by Gasteiger charge is -2.00. The number of azide groups is 1. The highest BCUT2D eigenvalue weighted by atomic mass is 15.2. The summed E-state index contributed by atoms with van der Waals surface area (Å²) < 4.78 is 0. The predicted octanol–water partition coefficient (Wildman–Crippen LogP) is 3.41. The van der Waals surface area contributed by atoms with Crippen LogP contribution in [0.3, 0.4) is 0 Å². The minimum Gasteiger partial charge on any atom is -0.261 e. The van der Waals surface area contributed by atoms with Gasteiger partial charge >= 0.3 is 0 Å². The molecule has 1 aliphatic rings. The first-order valence-corrected chi connectivity index (χ1v) is 4.90. The monoisotopic (exact) mass is 190 g/mol. The molecule has 1 atom stereocenters. The van der Waals surface area contributed by atoms with Crippen molar-refractivity contribution >= 4 is 0 Å². The normalized spacial score (nSPS) is 17.4. The van der Waals surface area contributed by atoms with Gasteiger partial charge in [0.05, 0.1) is 11.7 Å². The Morgan fingerprint density at radius 3 is 3.07 bits per heavy atom. The molecule has 0 N–H and O–H groups in total. The topological polar surface area (TPSA) is 61.7 Å². The predicted molar refractivity (Wildman–Crippen MR) is 55.8 cm³/mol. The van der Waals surface area contributed by atoms with E-state index < -0.39 is 0 Å². The van der Waals surface area contributed by atoms with E-state index in [0.717, 1.165) is 18.5 Å². The van der Waals surface area contributed by atoms with Crippen molar-refractivity contribution in [2.45, 2.75) is 32.7 Å². The van der Waals surface area contributed by atoms with Crippen molar-refractivity contribution in [3.05, 3.63) is 40.0 Å². The molecule has 1 aromatic rings. The van der Waals surface area contributed by atoms with Crippen molar-refractivity contribution in [3.63, 3.8) is 0 Å². The molecule has 0 saturated heterocycles. The molecule has 4 heteroatoms. The average molecular weight is 190 g/mol. The van der Waals surface area contributed by atoms with Crippen molar-refractivity contribution in [1.29, 1.82) is 0 Å². The van der Waals surface area contributed by atoms with Crippen LogP contribution in [0.4, 0.5) is 0 Å². The van der Waals surface area contributed by atoms with Crippen LogP contribution in [-0.4, -0.2) is 4.98 Å². The summed E-state index contributed by atoms with van der Waals surface area (Å²) in [6, 6.07) is 3.91.